The van der Waals surface area contributed by atoms with Crippen LogP contribution in [0.25, 0.3) is 0 Å². The number of pyridine rings is 1. The molecule has 2 aromatic heterocycles. The number of hydrogen-bond acceptors (Lipinski definition) is 5. The van der Waals surface area contributed by atoms with Gasteiger partial charge in [0, 0.05) is 35.1 Å². The monoisotopic (exact) mass is 325 g/mol. The van der Waals surface area contributed by atoms with E-state index in [0.29, 0.717) is 18.7 Å². The van der Waals surface area contributed by atoms with E-state index in [4.69, 9.17) is 5.73 Å². The Balaban J connectivity index is 2.07. The average Bonchev–Trinajstić information content (AvgIpc) is 2.78. The van der Waals surface area contributed by atoms with Gasteiger partial charge in [0.25, 0.3) is 0 Å². The molecule has 2 rings (SSSR count). The van der Waals surface area contributed by atoms with E-state index in [-0.39, 0.29) is 5.78 Å². The third-order valence-electron chi connectivity index (χ3n) is 2.32. The maximum absolute atomic E-state index is 12.0. The van der Waals surface area contributed by atoms with Crippen molar-refractivity contribution < 1.29 is 4.79 Å². The molecule has 0 bridgehead atoms. The molecule has 4 nitrogen and oxygen atoms in total. The third-order valence-corrected chi connectivity index (χ3v) is 3.66. The van der Waals surface area contributed by atoms with Gasteiger partial charge in [-0.1, -0.05) is 0 Å². The highest BCUT2D eigenvalue weighted by atomic mass is 79.9. The summed E-state index contributed by atoms with van der Waals surface area (Å²) < 4.78 is 0.870. The first-order chi connectivity index (χ1) is 8.69. The number of thiazole rings is 1. The first kappa shape index (κ1) is 13.3. The zero-order valence-electron chi connectivity index (χ0n) is 9.60. The molecule has 0 radical (unpaired) electrons. The van der Waals surface area contributed by atoms with Crippen molar-refractivity contribution in [2.24, 2.45) is 5.73 Å². The van der Waals surface area contributed by atoms with Crippen LogP contribution in [0.2, 0.25) is 0 Å². The Labute approximate surface area is 117 Å². The summed E-state index contributed by atoms with van der Waals surface area (Å²) in [6.07, 6.45) is 4.42. The third kappa shape index (κ3) is 3.44. The van der Waals surface area contributed by atoms with Crippen molar-refractivity contribution in [2.75, 3.05) is 6.54 Å². The fourth-order valence-corrected chi connectivity index (χ4v) is 2.74. The number of halogens is 1. The summed E-state index contributed by atoms with van der Waals surface area (Å²) in [5.41, 5.74) is 6.85. The van der Waals surface area contributed by atoms with Gasteiger partial charge in [-0.15, -0.1) is 11.3 Å². The molecule has 0 fully saturated rings. The Hall–Kier alpha value is -1.11. The number of nitrogens with two attached hydrogens (primary N) is 1. The molecule has 0 atom stereocenters. The molecule has 0 saturated carbocycles. The van der Waals surface area contributed by atoms with Crippen molar-refractivity contribution in [3.8, 4) is 0 Å². The molecule has 2 aromatic rings. The van der Waals surface area contributed by atoms with E-state index in [1.54, 1.807) is 17.8 Å². The highest BCUT2D eigenvalue weighted by Crippen LogP contribution is 2.14. The Morgan fingerprint density at radius 1 is 1.44 bits per heavy atom. The minimum absolute atomic E-state index is 0.00872. The standard InChI is InChI=1S/C12H12BrN3OS/c13-9-3-8(5-15-6-9)4-11(17)10-7-18-12(16-10)1-2-14/h3,5-7H,1-2,4,14H2. The van der Waals surface area contributed by atoms with Gasteiger partial charge in [-0.3, -0.25) is 9.78 Å². The number of ketones is 1. The number of carbonyl (C=O) groups is 1. The lowest BCUT2D eigenvalue weighted by Gasteiger charge is -1.99. The van der Waals surface area contributed by atoms with Gasteiger partial charge in [0.2, 0.25) is 0 Å². The second-order valence-corrected chi connectivity index (χ2v) is 5.63. The summed E-state index contributed by atoms with van der Waals surface area (Å²) in [5, 5.41) is 2.70. The van der Waals surface area contributed by atoms with Crippen LogP contribution in [-0.2, 0) is 12.8 Å². The van der Waals surface area contributed by atoms with Crippen LogP contribution in [0.15, 0.2) is 28.3 Å². The molecule has 2 N–H and O–H groups in total. The van der Waals surface area contributed by atoms with Crippen LogP contribution in [0, 0.1) is 0 Å². The molecule has 2 heterocycles. The van der Waals surface area contributed by atoms with Gasteiger partial charge in [-0.25, -0.2) is 4.98 Å². The van der Waals surface area contributed by atoms with Crippen LogP contribution in [0.3, 0.4) is 0 Å². The van der Waals surface area contributed by atoms with Crippen LogP contribution in [0.5, 0.6) is 0 Å². The quantitative estimate of drug-likeness (QED) is 0.856. The number of Topliss-reactive ketones (excluding diaryl/α,β-unsaturated/α-hetero) is 1. The predicted octanol–water partition coefficient (Wildman–Crippen LogP) is 2.23. The molecule has 0 saturated heterocycles. The van der Waals surface area contributed by atoms with Crippen LogP contribution in [0.1, 0.15) is 21.1 Å². The lowest BCUT2D eigenvalue weighted by atomic mass is 10.1. The van der Waals surface area contributed by atoms with E-state index in [0.717, 1.165) is 21.5 Å². The van der Waals surface area contributed by atoms with E-state index in [1.807, 2.05) is 6.07 Å². The minimum atomic E-state index is 0.00872. The Morgan fingerprint density at radius 3 is 3.00 bits per heavy atom. The maximum Gasteiger partial charge on any atom is 0.186 e. The molecule has 6 heteroatoms. The summed E-state index contributed by atoms with van der Waals surface area (Å²) >= 11 is 4.81. The van der Waals surface area contributed by atoms with Gasteiger partial charge in [0.1, 0.15) is 5.69 Å². The van der Waals surface area contributed by atoms with E-state index in [1.165, 1.54) is 11.3 Å². The van der Waals surface area contributed by atoms with Gasteiger partial charge in [-0.05, 0) is 34.1 Å². The summed E-state index contributed by atoms with van der Waals surface area (Å²) in [7, 11) is 0. The topological polar surface area (TPSA) is 68.9 Å². The molecular weight excluding hydrogens is 314 g/mol. The van der Waals surface area contributed by atoms with Crippen molar-refractivity contribution in [2.45, 2.75) is 12.8 Å². The van der Waals surface area contributed by atoms with Gasteiger partial charge in [0.15, 0.2) is 5.78 Å². The molecule has 0 aliphatic rings. The fraction of sp³-hybridized carbons (Fsp3) is 0.250. The largest absolute Gasteiger partial charge is 0.330 e. The molecule has 94 valence electrons. The Kier molecular flexibility index (Phi) is 4.57. The van der Waals surface area contributed by atoms with E-state index >= 15 is 0 Å². The molecule has 18 heavy (non-hydrogen) atoms. The SMILES string of the molecule is NCCc1nc(C(=O)Cc2cncc(Br)c2)cs1. The number of aromatic nitrogens is 2. The van der Waals surface area contributed by atoms with Crippen molar-refractivity contribution in [3.05, 3.63) is 44.6 Å². The molecular formula is C12H12BrN3OS. The minimum Gasteiger partial charge on any atom is -0.330 e. The maximum atomic E-state index is 12.0. The number of nitrogens with zero attached hydrogens (tertiary/aromatic N) is 2. The van der Waals surface area contributed by atoms with E-state index < -0.39 is 0 Å². The molecule has 0 aliphatic carbocycles. The summed E-state index contributed by atoms with van der Waals surface area (Å²) in [4.78, 5) is 20.3. The van der Waals surface area contributed by atoms with Gasteiger partial charge in [-0.2, -0.15) is 0 Å². The fourth-order valence-electron chi connectivity index (χ4n) is 1.51. The first-order valence-corrected chi connectivity index (χ1v) is 7.13. The van der Waals surface area contributed by atoms with Crippen molar-refractivity contribution in [1.29, 1.82) is 0 Å². The van der Waals surface area contributed by atoms with Crippen LogP contribution < -0.4 is 5.73 Å². The molecule has 0 aromatic carbocycles. The lowest BCUT2D eigenvalue weighted by Crippen LogP contribution is -2.06. The van der Waals surface area contributed by atoms with Crippen LogP contribution in [0.4, 0.5) is 0 Å². The van der Waals surface area contributed by atoms with Gasteiger partial charge >= 0.3 is 0 Å². The molecule has 0 spiro atoms. The lowest BCUT2D eigenvalue weighted by molar-refractivity contribution is 0.0988. The van der Waals surface area contributed by atoms with Gasteiger partial charge in [0.05, 0.1) is 5.01 Å². The zero-order valence-corrected chi connectivity index (χ0v) is 12.0. The predicted molar refractivity (Wildman–Crippen MR) is 74.8 cm³/mol. The zero-order chi connectivity index (χ0) is 13.0. The van der Waals surface area contributed by atoms with Crippen molar-refractivity contribution in [1.82, 2.24) is 9.97 Å². The van der Waals surface area contributed by atoms with Gasteiger partial charge < -0.3 is 5.73 Å². The highest BCUT2D eigenvalue weighted by Gasteiger charge is 2.11. The number of hydrogen-bond donors (Lipinski definition) is 1. The highest BCUT2D eigenvalue weighted by molar-refractivity contribution is 9.10. The Morgan fingerprint density at radius 2 is 2.28 bits per heavy atom. The second kappa shape index (κ2) is 6.17. The summed E-state index contributed by atoms with van der Waals surface area (Å²) in [6.45, 7) is 0.552. The number of rotatable bonds is 5. The van der Waals surface area contributed by atoms with Crippen molar-refractivity contribution >= 4 is 33.0 Å². The molecule has 0 aliphatic heterocycles. The normalized spacial score (nSPS) is 10.6. The van der Waals surface area contributed by atoms with Crippen molar-refractivity contribution in [3.63, 3.8) is 0 Å². The second-order valence-electron chi connectivity index (χ2n) is 3.78. The molecule has 0 unspecified atom stereocenters. The average molecular weight is 326 g/mol. The molecule has 0 amide bonds. The van der Waals surface area contributed by atoms with E-state index in [2.05, 4.69) is 25.9 Å². The summed E-state index contributed by atoms with van der Waals surface area (Å²) in [6, 6.07) is 1.89. The van der Waals surface area contributed by atoms with E-state index in [9.17, 15) is 4.79 Å². The first-order valence-electron chi connectivity index (χ1n) is 5.46. The van der Waals surface area contributed by atoms with Crippen LogP contribution in [-0.4, -0.2) is 22.3 Å². The smallest absolute Gasteiger partial charge is 0.186 e. The summed E-state index contributed by atoms with van der Waals surface area (Å²) in [5.74, 6) is 0.00872. The van der Waals surface area contributed by atoms with Crippen LogP contribution >= 0.6 is 27.3 Å². The Bertz CT molecular complexity index is 556. The number of carbonyl (C=O) groups excluding carboxylic acids is 1.